The molecule has 0 radical (unpaired) electrons. The Morgan fingerprint density at radius 1 is 0.975 bits per heavy atom. The van der Waals surface area contributed by atoms with Crippen LogP contribution in [-0.2, 0) is 20.7 Å². The number of amides is 1. The summed E-state index contributed by atoms with van der Waals surface area (Å²) in [7, 11) is 0. The third-order valence-electron chi connectivity index (χ3n) is 7.99. The van der Waals surface area contributed by atoms with Crippen LogP contribution in [0.4, 0.5) is 10.2 Å². The van der Waals surface area contributed by atoms with Crippen LogP contribution in [0.2, 0.25) is 0 Å². The fourth-order valence-electron chi connectivity index (χ4n) is 5.92. The summed E-state index contributed by atoms with van der Waals surface area (Å²) in [6, 6.07) is 6.31. The lowest BCUT2D eigenvalue weighted by molar-refractivity contribution is -0.145. The monoisotopic (exact) mass is 550 g/mol. The quantitative estimate of drug-likeness (QED) is 0.373. The van der Waals surface area contributed by atoms with Crippen LogP contribution in [0.1, 0.15) is 69.8 Å². The van der Waals surface area contributed by atoms with Crippen molar-refractivity contribution in [3.05, 3.63) is 41.6 Å². The molecule has 3 aromatic rings. The third-order valence-corrected chi connectivity index (χ3v) is 7.99. The van der Waals surface area contributed by atoms with Crippen molar-refractivity contribution < 1.29 is 18.7 Å². The summed E-state index contributed by atoms with van der Waals surface area (Å²) >= 11 is 0. The van der Waals surface area contributed by atoms with Crippen molar-refractivity contribution in [2.45, 2.75) is 71.6 Å². The average molecular weight is 551 g/mol. The summed E-state index contributed by atoms with van der Waals surface area (Å²) in [5, 5.41) is 5.70. The zero-order valence-electron chi connectivity index (χ0n) is 23.6. The number of hydrogen-bond donors (Lipinski definition) is 0. The number of esters is 1. The van der Waals surface area contributed by atoms with Gasteiger partial charge in [0, 0.05) is 39.0 Å². The summed E-state index contributed by atoms with van der Waals surface area (Å²) in [6.07, 6.45) is 8.05. The second-order valence-corrected chi connectivity index (χ2v) is 10.9. The molecule has 1 saturated carbocycles. The van der Waals surface area contributed by atoms with Crippen LogP contribution in [0.25, 0.3) is 16.7 Å². The number of aryl methyl sites for hydroxylation is 1. The first-order chi connectivity index (χ1) is 19.4. The first-order valence-corrected chi connectivity index (χ1v) is 14.6. The summed E-state index contributed by atoms with van der Waals surface area (Å²) < 4.78 is 20.5. The van der Waals surface area contributed by atoms with Gasteiger partial charge in [0.1, 0.15) is 17.5 Å². The van der Waals surface area contributed by atoms with E-state index in [1.807, 2.05) is 11.8 Å². The lowest BCUT2D eigenvalue weighted by Crippen LogP contribution is -2.35. The first kappa shape index (κ1) is 28.0. The molecule has 9 nitrogen and oxygen atoms in total. The zero-order valence-corrected chi connectivity index (χ0v) is 23.6. The van der Waals surface area contributed by atoms with Crippen molar-refractivity contribution in [2.75, 3.05) is 37.7 Å². The number of ether oxygens (including phenoxy) is 1. The van der Waals surface area contributed by atoms with Gasteiger partial charge >= 0.3 is 5.97 Å². The largest absolute Gasteiger partial charge is 0.466 e. The predicted octanol–water partition coefficient (Wildman–Crippen LogP) is 4.77. The number of carbonyl (C=O) groups is 2. The number of aromatic nitrogens is 4. The Labute approximate surface area is 234 Å². The molecule has 0 N–H and O–H groups in total. The Kier molecular flexibility index (Phi) is 8.91. The van der Waals surface area contributed by atoms with Crippen LogP contribution in [0, 0.1) is 18.7 Å². The molecule has 10 heteroatoms. The van der Waals surface area contributed by atoms with Gasteiger partial charge in [-0.3, -0.25) is 9.59 Å². The second kappa shape index (κ2) is 12.7. The Morgan fingerprint density at radius 2 is 1.75 bits per heavy atom. The van der Waals surface area contributed by atoms with Gasteiger partial charge in [0.25, 0.3) is 0 Å². The molecule has 40 heavy (non-hydrogen) atoms. The highest BCUT2D eigenvalue weighted by atomic mass is 19.1. The number of benzene rings is 1. The van der Waals surface area contributed by atoms with Crippen molar-refractivity contribution in [3.63, 3.8) is 0 Å². The molecule has 1 aromatic carbocycles. The molecule has 1 aliphatic carbocycles. The molecule has 0 unspecified atom stereocenters. The molecule has 2 fully saturated rings. The van der Waals surface area contributed by atoms with Crippen molar-refractivity contribution >= 4 is 28.7 Å². The highest BCUT2D eigenvalue weighted by Gasteiger charge is 2.26. The van der Waals surface area contributed by atoms with E-state index >= 15 is 0 Å². The molecular formula is C30H39FN6O3. The van der Waals surface area contributed by atoms with Gasteiger partial charge in [0.05, 0.1) is 29.8 Å². The molecular weight excluding hydrogens is 511 g/mol. The maximum absolute atomic E-state index is 13.7. The van der Waals surface area contributed by atoms with Crippen LogP contribution in [0.15, 0.2) is 24.3 Å². The standard InChI is InChI=1S/C30H39FN6O3/c1-3-40-27(39)15-14-26(38)35-16-7-17-36(19-18-35)29-28-21(2)34-37(24-12-10-23(31)11-13-24)30(28)33-25(32-29)20-22-8-5-4-6-9-22/h10-13,22H,3-9,14-20H2,1-2H3. The van der Waals surface area contributed by atoms with E-state index in [1.165, 1.54) is 44.2 Å². The van der Waals surface area contributed by atoms with Crippen LogP contribution in [0.3, 0.4) is 0 Å². The van der Waals surface area contributed by atoms with E-state index in [4.69, 9.17) is 19.8 Å². The molecule has 2 aromatic heterocycles. The lowest BCUT2D eigenvalue weighted by atomic mass is 9.87. The summed E-state index contributed by atoms with van der Waals surface area (Å²) in [4.78, 5) is 38.9. The fraction of sp³-hybridized carbons (Fsp3) is 0.567. The summed E-state index contributed by atoms with van der Waals surface area (Å²) in [5.41, 5.74) is 2.29. The van der Waals surface area contributed by atoms with E-state index in [0.717, 1.165) is 53.4 Å². The van der Waals surface area contributed by atoms with Crippen molar-refractivity contribution in [3.8, 4) is 5.69 Å². The van der Waals surface area contributed by atoms with Crippen LogP contribution in [-0.4, -0.2) is 69.3 Å². The van der Waals surface area contributed by atoms with E-state index in [1.54, 1.807) is 23.7 Å². The van der Waals surface area contributed by atoms with E-state index in [-0.39, 0.29) is 30.5 Å². The molecule has 5 rings (SSSR count). The van der Waals surface area contributed by atoms with Gasteiger partial charge in [0.2, 0.25) is 5.91 Å². The van der Waals surface area contributed by atoms with E-state index in [2.05, 4.69) is 4.90 Å². The normalized spacial score (nSPS) is 16.8. The fourth-order valence-corrected chi connectivity index (χ4v) is 5.92. The highest BCUT2D eigenvalue weighted by molar-refractivity contribution is 5.91. The predicted molar refractivity (Wildman–Crippen MR) is 151 cm³/mol. The van der Waals surface area contributed by atoms with Gasteiger partial charge in [-0.25, -0.2) is 19.0 Å². The number of hydrogen-bond acceptors (Lipinski definition) is 7. The van der Waals surface area contributed by atoms with E-state index in [9.17, 15) is 14.0 Å². The second-order valence-electron chi connectivity index (χ2n) is 10.9. The molecule has 214 valence electrons. The number of carbonyl (C=O) groups excluding carboxylic acids is 2. The lowest BCUT2D eigenvalue weighted by Gasteiger charge is -2.25. The minimum absolute atomic E-state index is 0.0268. The van der Waals surface area contributed by atoms with Gasteiger partial charge in [-0.1, -0.05) is 32.1 Å². The Bertz CT molecular complexity index is 1340. The maximum Gasteiger partial charge on any atom is 0.306 e. The van der Waals surface area contributed by atoms with Crippen molar-refractivity contribution in [1.82, 2.24) is 24.6 Å². The molecule has 0 bridgehead atoms. The van der Waals surface area contributed by atoms with Crippen LogP contribution >= 0.6 is 0 Å². The molecule has 3 heterocycles. The van der Waals surface area contributed by atoms with Crippen LogP contribution in [0.5, 0.6) is 0 Å². The average Bonchev–Trinajstić information content (AvgIpc) is 3.11. The molecule has 1 saturated heterocycles. The van der Waals surface area contributed by atoms with E-state index < -0.39 is 0 Å². The molecule has 0 atom stereocenters. The number of halogens is 1. The van der Waals surface area contributed by atoms with Crippen LogP contribution < -0.4 is 4.90 Å². The van der Waals surface area contributed by atoms with Gasteiger partial charge in [-0.05, 0) is 50.5 Å². The number of anilines is 1. The smallest absolute Gasteiger partial charge is 0.306 e. The Balaban J connectivity index is 1.44. The number of nitrogens with zero attached hydrogens (tertiary/aromatic N) is 6. The van der Waals surface area contributed by atoms with Gasteiger partial charge in [-0.15, -0.1) is 0 Å². The van der Waals surface area contributed by atoms with Gasteiger partial charge < -0.3 is 14.5 Å². The zero-order chi connectivity index (χ0) is 28.1. The Morgan fingerprint density at radius 3 is 2.50 bits per heavy atom. The van der Waals surface area contributed by atoms with Gasteiger partial charge in [-0.2, -0.15) is 5.10 Å². The minimum atomic E-state index is -0.338. The van der Waals surface area contributed by atoms with E-state index in [0.29, 0.717) is 32.2 Å². The van der Waals surface area contributed by atoms with Crippen molar-refractivity contribution in [1.29, 1.82) is 0 Å². The summed E-state index contributed by atoms with van der Waals surface area (Å²) in [6.45, 7) is 6.60. The maximum atomic E-state index is 13.7. The topological polar surface area (TPSA) is 93.5 Å². The number of rotatable bonds is 8. The SMILES string of the molecule is CCOC(=O)CCC(=O)N1CCCN(c2nc(CC3CCCCC3)nc3c2c(C)nn3-c2ccc(F)cc2)CC1. The summed E-state index contributed by atoms with van der Waals surface area (Å²) in [5.74, 6) is 1.57. The number of fused-ring (bicyclic) bond motifs is 1. The van der Waals surface area contributed by atoms with Crippen molar-refractivity contribution in [2.24, 2.45) is 5.92 Å². The Hall–Kier alpha value is -3.56. The van der Waals surface area contributed by atoms with Gasteiger partial charge in [0.15, 0.2) is 5.65 Å². The third kappa shape index (κ3) is 6.42. The highest BCUT2D eigenvalue weighted by Crippen LogP contribution is 2.32. The molecule has 0 spiro atoms. The molecule has 2 aliphatic rings. The first-order valence-electron chi connectivity index (χ1n) is 14.6. The molecule has 1 aliphatic heterocycles. The molecule has 1 amide bonds. The minimum Gasteiger partial charge on any atom is -0.466 e.